The second-order valence-corrected chi connectivity index (χ2v) is 2.72. The van der Waals surface area contributed by atoms with Gasteiger partial charge in [-0.15, -0.1) is 0 Å². The lowest BCUT2D eigenvalue weighted by Gasteiger charge is -2.14. The van der Waals surface area contributed by atoms with Gasteiger partial charge in [0.25, 0.3) is 0 Å². The predicted molar refractivity (Wildman–Crippen MR) is 43.4 cm³/mol. The number of rotatable bonds is 1. The van der Waals surface area contributed by atoms with Gasteiger partial charge in [-0.25, -0.2) is 4.79 Å². The van der Waals surface area contributed by atoms with Crippen molar-refractivity contribution >= 4 is 12.2 Å². The van der Waals surface area contributed by atoms with Gasteiger partial charge in [0, 0.05) is 12.4 Å². The Labute approximate surface area is 69.2 Å². The van der Waals surface area contributed by atoms with E-state index in [9.17, 15) is 4.79 Å². The van der Waals surface area contributed by atoms with E-state index in [0.717, 1.165) is 5.69 Å². The van der Waals surface area contributed by atoms with Crippen LogP contribution in [0.5, 0.6) is 0 Å². The molecule has 0 spiro atoms. The van der Waals surface area contributed by atoms with Gasteiger partial charge in [-0.3, -0.25) is 4.99 Å². The minimum absolute atomic E-state index is 0.439. The van der Waals surface area contributed by atoms with Crippen molar-refractivity contribution in [3.05, 3.63) is 24.0 Å². The molecule has 12 heavy (non-hydrogen) atoms. The molecular weight excluding hydrogens is 156 g/mol. The summed E-state index contributed by atoms with van der Waals surface area (Å²) in [6.07, 6.45) is 3.46. The van der Waals surface area contributed by atoms with E-state index in [0.29, 0.717) is 6.54 Å². The van der Waals surface area contributed by atoms with Gasteiger partial charge in [-0.05, 0) is 12.1 Å². The molecule has 0 fully saturated rings. The molecule has 2 heterocycles. The normalized spacial score (nSPS) is 20.5. The minimum atomic E-state index is -0.870. The van der Waals surface area contributed by atoms with Gasteiger partial charge in [0.15, 0.2) is 6.04 Å². The van der Waals surface area contributed by atoms with Crippen molar-refractivity contribution in [3.63, 3.8) is 0 Å². The average molecular weight is 164 g/mol. The number of hydrogen-bond acceptors (Lipinski definition) is 2. The Balaban J connectivity index is 2.30. The Morgan fingerprint density at radius 3 is 3.33 bits per heavy atom. The molecular formula is C8H8N2O2. The molecule has 1 aromatic rings. The van der Waals surface area contributed by atoms with E-state index < -0.39 is 12.0 Å². The molecule has 1 aromatic heterocycles. The Morgan fingerprint density at radius 2 is 2.58 bits per heavy atom. The first-order chi connectivity index (χ1) is 5.77. The molecule has 0 aliphatic carbocycles. The number of hydrogen-bond donors (Lipinski definition) is 1. The third-order valence-corrected chi connectivity index (χ3v) is 1.91. The molecule has 0 saturated carbocycles. The number of fused-ring (bicyclic) bond motifs is 1. The number of aliphatic carboxylic acids is 1. The first-order valence-corrected chi connectivity index (χ1v) is 3.68. The fraction of sp³-hybridized carbons (Fsp3) is 0.250. The number of carboxylic acid groups (broad SMARTS) is 1. The van der Waals surface area contributed by atoms with Crippen molar-refractivity contribution in [3.8, 4) is 0 Å². The molecule has 1 atom stereocenters. The summed E-state index contributed by atoms with van der Waals surface area (Å²) in [5.74, 6) is -0.870. The van der Waals surface area contributed by atoms with Crippen LogP contribution in [0.2, 0.25) is 0 Å². The summed E-state index contributed by atoms with van der Waals surface area (Å²) in [7, 11) is 0. The molecule has 1 N–H and O–H groups in total. The van der Waals surface area contributed by atoms with Crippen LogP contribution in [0.15, 0.2) is 23.3 Å². The van der Waals surface area contributed by atoms with Crippen molar-refractivity contribution in [1.29, 1.82) is 0 Å². The topological polar surface area (TPSA) is 54.6 Å². The van der Waals surface area contributed by atoms with E-state index in [4.69, 9.17) is 5.11 Å². The van der Waals surface area contributed by atoms with Gasteiger partial charge in [-0.2, -0.15) is 0 Å². The van der Waals surface area contributed by atoms with Crippen LogP contribution in [0, 0.1) is 0 Å². The summed E-state index contributed by atoms with van der Waals surface area (Å²) in [4.78, 5) is 14.5. The third kappa shape index (κ3) is 1.01. The summed E-state index contributed by atoms with van der Waals surface area (Å²) >= 11 is 0. The summed E-state index contributed by atoms with van der Waals surface area (Å²) < 4.78 is 1.88. The van der Waals surface area contributed by atoms with E-state index in [1.54, 1.807) is 6.21 Å². The van der Waals surface area contributed by atoms with Crippen LogP contribution < -0.4 is 0 Å². The maximum absolute atomic E-state index is 10.6. The zero-order chi connectivity index (χ0) is 8.55. The van der Waals surface area contributed by atoms with E-state index in [-0.39, 0.29) is 0 Å². The number of carbonyl (C=O) groups is 1. The molecule has 4 heteroatoms. The number of carboxylic acids is 1. The van der Waals surface area contributed by atoms with E-state index in [1.807, 2.05) is 22.9 Å². The average Bonchev–Trinajstić information content (AvgIpc) is 2.49. The molecule has 0 aromatic carbocycles. The first kappa shape index (κ1) is 7.09. The lowest BCUT2D eigenvalue weighted by atomic mass is 10.2. The van der Waals surface area contributed by atoms with Gasteiger partial charge in [0.2, 0.25) is 0 Å². The third-order valence-electron chi connectivity index (χ3n) is 1.91. The zero-order valence-corrected chi connectivity index (χ0v) is 6.34. The van der Waals surface area contributed by atoms with Crippen LogP contribution in [-0.2, 0) is 11.3 Å². The summed E-state index contributed by atoms with van der Waals surface area (Å²) in [6, 6.07) is 3.16. The molecule has 1 unspecified atom stereocenters. The number of aliphatic imine (C=N–C) groups is 1. The van der Waals surface area contributed by atoms with Gasteiger partial charge in [0.05, 0.1) is 12.2 Å². The molecule has 0 radical (unpaired) electrons. The SMILES string of the molecule is O=C(O)C1Cn2cccc2C=N1. The highest BCUT2D eigenvalue weighted by molar-refractivity contribution is 5.83. The maximum atomic E-state index is 10.6. The van der Waals surface area contributed by atoms with Crippen molar-refractivity contribution in [2.75, 3.05) is 0 Å². The maximum Gasteiger partial charge on any atom is 0.330 e. The largest absolute Gasteiger partial charge is 0.480 e. The molecule has 0 saturated heterocycles. The van der Waals surface area contributed by atoms with Crippen LogP contribution >= 0.6 is 0 Å². The zero-order valence-electron chi connectivity index (χ0n) is 6.34. The Morgan fingerprint density at radius 1 is 1.75 bits per heavy atom. The Bertz CT molecular complexity index is 341. The van der Waals surface area contributed by atoms with Gasteiger partial charge < -0.3 is 9.67 Å². The van der Waals surface area contributed by atoms with Gasteiger partial charge >= 0.3 is 5.97 Å². The van der Waals surface area contributed by atoms with Gasteiger partial charge in [0.1, 0.15) is 0 Å². The summed E-state index contributed by atoms with van der Waals surface area (Å²) in [5, 5.41) is 8.67. The van der Waals surface area contributed by atoms with E-state index in [1.165, 1.54) is 0 Å². The number of aromatic nitrogens is 1. The van der Waals surface area contributed by atoms with E-state index in [2.05, 4.69) is 4.99 Å². The van der Waals surface area contributed by atoms with E-state index >= 15 is 0 Å². The Hall–Kier alpha value is -1.58. The fourth-order valence-corrected chi connectivity index (χ4v) is 1.25. The first-order valence-electron chi connectivity index (χ1n) is 3.68. The lowest BCUT2D eigenvalue weighted by Crippen LogP contribution is -2.27. The monoisotopic (exact) mass is 164 g/mol. The standard InChI is InChI=1S/C8H8N2O2/c11-8(12)7-5-10-3-1-2-6(10)4-9-7/h1-4,7H,5H2,(H,11,12). The molecule has 2 rings (SSSR count). The second kappa shape index (κ2) is 2.48. The predicted octanol–water partition coefficient (Wildman–Crippen LogP) is 0.374. The number of nitrogens with zero attached hydrogens (tertiary/aromatic N) is 2. The highest BCUT2D eigenvalue weighted by atomic mass is 16.4. The molecule has 4 nitrogen and oxygen atoms in total. The molecule has 1 aliphatic rings. The fourth-order valence-electron chi connectivity index (χ4n) is 1.25. The quantitative estimate of drug-likeness (QED) is 0.652. The smallest absolute Gasteiger partial charge is 0.330 e. The van der Waals surface area contributed by atoms with Crippen LogP contribution in [-0.4, -0.2) is 27.9 Å². The molecule has 0 amide bonds. The summed E-state index contributed by atoms with van der Waals surface area (Å²) in [5.41, 5.74) is 0.965. The van der Waals surface area contributed by atoms with Crippen LogP contribution in [0.3, 0.4) is 0 Å². The highest BCUT2D eigenvalue weighted by Crippen LogP contribution is 2.08. The van der Waals surface area contributed by atoms with Gasteiger partial charge in [-0.1, -0.05) is 0 Å². The van der Waals surface area contributed by atoms with Crippen LogP contribution in [0.1, 0.15) is 5.69 Å². The minimum Gasteiger partial charge on any atom is -0.480 e. The van der Waals surface area contributed by atoms with Crippen molar-refractivity contribution in [1.82, 2.24) is 4.57 Å². The Kier molecular flexibility index (Phi) is 1.46. The molecule has 0 bridgehead atoms. The van der Waals surface area contributed by atoms with Crippen molar-refractivity contribution in [2.45, 2.75) is 12.6 Å². The van der Waals surface area contributed by atoms with Crippen LogP contribution in [0.4, 0.5) is 0 Å². The van der Waals surface area contributed by atoms with Crippen molar-refractivity contribution < 1.29 is 9.90 Å². The highest BCUT2D eigenvalue weighted by Gasteiger charge is 2.19. The molecule has 62 valence electrons. The second-order valence-electron chi connectivity index (χ2n) is 2.72. The summed E-state index contributed by atoms with van der Waals surface area (Å²) in [6.45, 7) is 0.439. The van der Waals surface area contributed by atoms with Crippen LogP contribution in [0.25, 0.3) is 0 Å². The molecule has 1 aliphatic heterocycles. The lowest BCUT2D eigenvalue weighted by molar-refractivity contribution is -0.138. The van der Waals surface area contributed by atoms with Crippen molar-refractivity contribution in [2.24, 2.45) is 4.99 Å².